The van der Waals surface area contributed by atoms with E-state index in [2.05, 4.69) is 29.7 Å². The van der Waals surface area contributed by atoms with Gasteiger partial charge in [0.05, 0.1) is 6.54 Å². The van der Waals surface area contributed by atoms with E-state index in [9.17, 15) is 22.4 Å². The summed E-state index contributed by atoms with van der Waals surface area (Å²) in [4.78, 5) is 23.0. The minimum Gasteiger partial charge on any atom is -0.434 e. The molecule has 2 N–H and O–H groups in total. The number of hydrogen-bond acceptors (Lipinski definition) is 7. The predicted octanol–water partition coefficient (Wildman–Crippen LogP) is 2.94. The molecule has 0 atom stereocenters. The monoisotopic (exact) mass is 466 g/mol. The number of hydrogen-bond donors (Lipinski definition) is 2. The first-order chi connectivity index (χ1) is 15.8. The lowest BCUT2D eigenvalue weighted by Gasteiger charge is -2.14. The van der Waals surface area contributed by atoms with E-state index < -0.39 is 25.7 Å². The van der Waals surface area contributed by atoms with Crippen LogP contribution < -0.4 is 14.8 Å². The molecule has 0 unspecified atom stereocenters. The van der Waals surface area contributed by atoms with Crippen molar-refractivity contribution in [2.45, 2.75) is 26.2 Å². The zero-order valence-electron chi connectivity index (χ0n) is 16.9. The number of aromatic nitrogens is 3. The van der Waals surface area contributed by atoms with Crippen molar-refractivity contribution in [3.63, 3.8) is 0 Å². The Morgan fingerprint density at radius 3 is 2.36 bits per heavy atom. The summed E-state index contributed by atoms with van der Waals surface area (Å²) in [6, 6.07) is 7.16. The third-order valence-electron chi connectivity index (χ3n) is 4.27. The third kappa shape index (κ3) is 7.10. The Morgan fingerprint density at radius 2 is 1.70 bits per heavy atom. The van der Waals surface area contributed by atoms with Gasteiger partial charge in [0.15, 0.2) is 0 Å². The molecule has 12 heteroatoms. The molecule has 1 aromatic carbocycles. The molecule has 0 radical (unpaired) electrons. The molecule has 1 amide bonds. The highest BCUT2D eigenvalue weighted by Crippen LogP contribution is 2.34. The van der Waals surface area contributed by atoms with E-state index in [1.165, 1.54) is 36.8 Å². The Morgan fingerprint density at radius 1 is 0.970 bits per heavy atom. The Labute approximate surface area is 185 Å². The van der Waals surface area contributed by atoms with Crippen LogP contribution in [0.1, 0.15) is 17.0 Å². The lowest BCUT2D eigenvalue weighted by molar-refractivity contribution is -0.124. The maximum Gasteiger partial charge on any atom is 0.388 e. The highest BCUT2D eigenvalue weighted by atomic mass is 19.3. The third-order valence-corrected chi connectivity index (χ3v) is 4.27. The Hall–Kier alpha value is -3.80. The van der Waals surface area contributed by atoms with Gasteiger partial charge in [0.25, 0.3) is 0 Å². The zero-order chi connectivity index (χ0) is 23.8. The van der Waals surface area contributed by atoms with Gasteiger partial charge in [-0.2, -0.15) is 17.6 Å². The fourth-order valence-electron chi connectivity index (χ4n) is 2.88. The van der Waals surface area contributed by atoms with Crippen LogP contribution in [0.3, 0.4) is 0 Å². The van der Waals surface area contributed by atoms with E-state index in [0.717, 1.165) is 0 Å². The summed E-state index contributed by atoms with van der Waals surface area (Å²) >= 11 is 0. The Bertz CT molecular complexity index is 1080. The normalized spacial score (nSPS) is 11.0. The minimum atomic E-state index is -3.09. The largest absolute Gasteiger partial charge is 0.434 e. The molecule has 0 spiro atoms. The van der Waals surface area contributed by atoms with Gasteiger partial charge in [-0.05, 0) is 34.9 Å². The van der Waals surface area contributed by atoms with Crippen LogP contribution in [0.2, 0.25) is 0 Å². The molecule has 3 aromatic rings. The lowest BCUT2D eigenvalue weighted by Crippen LogP contribution is -2.26. The van der Waals surface area contributed by atoms with E-state index in [1.807, 2.05) is 0 Å². The van der Waals surface area contributed by atoms with E-state index in [0.29, 0.717) is 28.9 Å². The van der Waals surface area contributed by atoms with Crippen LogP contribution >= 0.6 is 0 Å². The van der Waals surface area contributed by atoms with Gasteiger partial charge >= 0.3 is 13.2 Å². The number of aliphatic hydroxyl groups is 1. The van der Waals surface area contributed by atoms with E-state index in [4.69, 9.17) is 5.11 Å². The van der Waals surface area contributed by atoms with Gasteiger partial charge < -0.3 is 19.9 Å². The van der Waals surface area contributed by atoms with Crippen LogP contribution in [-0.2, 0) is 17.8 Å². The Balaban J connectivity index is 1.83. The number of aliphatic hydroxyl groups excluding tert-OH is 1. The fraction of sp³-hybridized carbons (Fsp3) is 0.238. The van der Waals surface area contributed by atoms with Crippen molar-refractivity contribution < 1.29 is 36.9 Å². The second kappa shape index (κ2) is 11.2. The number of halogens is 4. The predicted molar refractivity (Wildman–Crippen MR) is 107 cm³/mol. The number of carbonyl (C=O) groups is 1. The standard InChI is InChI=1S/C21H18F4N4O4/c22-20(23)32-16-2-1-12(5-13-8-27-17(28-9-13)10-29-18(31)11-30)6-15(16)14-3-4-26-19(7-14)33-21(24)25/h1-4,6-9,20-21,30H,5,10-11H2,(H,29,31). The van der Waals surface area contributed by atoms with Crippen molar-refractivity contribution in [1.82, 2.24) is 20.3 Å². The highest BCUT2D eigenvalue weighted by molar-refractivity contribution is 5.76. The molecule has 0 aliphatic heterocycles. The molecule has 0 bridgehead atoms. The number of rotatable bonds is 10. The van der Waals surface area contributed by atoms with Gasteiger partial charge in [-0.15, -0.1) is 0 Å². The number of carbonyl (C=O) groups excluding carboxylic acids is 1. The molecule has 0 fully saturated rings. The molecule has 0 saturated carbocycles. The number of amides is 1. The number of nitrogens with zero attached hydrogens (tertiary/aromatic N) is 3. The zero-order valence-corrected chi connectivity index (χ0v) is 16.9. The van der Waals surface area contributed by atoms with Crippen molar-refractivity contribution >= 4 is 5.91 Å². The molecule has 2 aromatic heterocycles. The number of nitrogens with one attached hydrogen (secondary N) is 1. The van der Waals surface area contributed by atoms with Gasteiger partial charge in [0, 0.05) is 36.6 Å². The number of pyridine rings is 1. The first-order valence-electron chi connectivity index (χ1n) is 9.50. The molecule has 0 aliphatic rings. The summed E-state index contributed by atoms with van der Waals surface area (Å²) in [5.41, 5.74) is 1.91. The average Bonchev–Trinajstić information content (AvgIpc) is 2.78. The molecular formula is C21H18F4N4O4. The molecule has 0 aliphatic carbocycles. The molecule has 8 nitrogen and oxygen atoms in total. The van der Waals surface area contributed by atoms with E-state index in [-0.39, 0.29) is 23.7 Å². The first-order valence-corrected chi connectivity index (χ1v) is 9.50. The van der Waals surface area contributed by atoms with Gasteiger partial charge in [-0.25, -0.2) is 15.0 Å². The minimum absolute atomic E-state index is 0.0501. The first kappa shape index (κ1) is 23.9. The lowest BCUT2D eigenvalue weighted by atomic mass is 9.99. The van der Waals surface area contributed by atoms with Crippen molar-refractivity contribution in [2.24, 2.45) is 0 Å². The summed E-state index contributed by atoms with van der Waals surface area (Å²) in [6.45, 7) is -6.76. The van der Waals surface area contributed by atoms with Crippen LogP contribution in [-0.4, -0.2) is 45.8 Å². The maximum absolute atomic E-state index is 12.9. The van der Waals surface area contributed by atoms with Crippen LogP contribution in [0.5, 0.6) is 11.6 Å². The van der Waals surface area contributed by atoms with E-state index >= 15 is 0 Å². The van der Waals surface area contributed by atoms with Crippen molar-refractivity contribution in [3.05, 3.63) is 65.9 Å². The topological polar surface area (TPSA) is 106 Å². The van der Waals surface area contributed by atoms with Gasteiger partial charge in [0.2, 0.25) is 11.8 Å². The average molecular weight is 466 g/mol. The smallest absolute Gasteiger partial charge is 0.388 e. The summed E-state index contributed by atoms with van der Waals surface area (Å²) in [5, 5.41) is 11.1. The Kier molecular flexibility index (Phi) is 8.08. The summed E-state index contributed by atoms with van der Waals surface area (Å²) in [5.74, 6) is -0.729. The summed E-state index contributed by atoms with van der Waals surface area (Å²) in [6.07, 6.45) is 4.63. The van der Waals surface area contributed by atoms with Crippen LogP contribution in [0, 0.1) is 0 Å². The van der Waals surface area contributed by atoms with Gasteiger partial charge in [0.1, 0.15) is 18.2 Å². The quantitative estimate of drug-likeness (QED) is 0.443. The summed E-state index contributed by atoms with van der Waals surface area (Å²) in [7, 11) is 0. The second-order valence-corrected chi connectivity index (χ2v) is 6.59. The van der Waals surface area contributed by atoms with Crippen molar-refractivity contribution in [1.29, 1.82) is 0 Å². The van der Waals surface area contributed by atoms with Crippen LogP contribution in [0.15, 0.2) is 48.9 Å². The molecular weight excluding hydrogens is 448 g/mol. The van der Waals surface area contributed by atoms with Gasteiger partial charge in [-0.3, -0.25) is 4.79 Å². The van der Waals surface area contributed by atoms with Crippen LogP contribution in [0.4, 0.5) is 17.6 Å². The van der Waals surface area contributed by atoms with Crippen LogP contribution in [0.25, 0.3) is 11.1 Å². The molecule has 2 heterocycles. The number of ether oxygens (including phenoxy) is 2. The SMILES string of the molecule is O=C(CO)NCc1ncc(Cc2ccc(OC(F)F)c(-c3ccnc(OC(F)F)c3)c2)cn1. The molecule has 3 rings (SSSR count). The molecule has 33 heavy (non-hydrogen) atoms. The second-order valence-electron chi connectivity index (χ2n) is 6.59. The van der Waals surface area contributed by atoms with E-state index in [1.54, 1.807) is 12.1 Å². The molecule has 174 valence electrons. The summed E-state index contributed by atoms with van der Waals surface area (Å²) < 4.78 is 59.6. The maximum atomic E-state index is 12.9. The highest BCUT2D eigenvalue weighted by Gasteiger charge is 2.15. The number of alkyl halides is 4. The number of benzene rings is 1. The van der Waals surface area contributed by atoms with Crippen molar-refractivity contribution in [2.75, 3.05) is 6.61 Å². The van der Waals surface area contributed by atoms with Crippen molar-refractivity contribution in [3.8, 4) is 22.8 Å². The fourth-order valence-corrected chi connectivity index (χ4v) is 2.88. The van der Waals surface area contributed by atoms with Gasteiger partial charge in [-0.1, -0.05) is 6.07 Å². The molecule has 0 saturated heterocycles.